The van der Waals surface area contributed by atoms with Crippen molar-refractivity contribution in [2.24, 2.45) is 5.92 Å². The molecule has 2 heterocycles. The first-order chi connectivity index (χ1) is 16.5. The fourth-order valence-electron chi connectivity index (χ4n) is 3.87. The quantitative estimate of drug-likeness (QED) is 0.363. The summed E-state index contributed by atoms with van der Waals surface area (Å²) in [6.45, 7) is 5.11. The van der Waals surface area contributed by atoms with E-state index in [1.807, 2.05) is 65.3 Å². The predicted octanol–water partition coefficient (Wildman–Crippen LogP) is 4.52. The Morgan fingerprint density at radius 3 is 2.62 bits per heavy atom. The lowest BCUT2D eigenvalue weighted by atomic mass is 10.1. The zero-order chi connectivity index (χ0) is 23.7. The van der Waals surface area contributed by atoms with Crippen LogP contribution in [-0.4, -0.2) is 38.2 Å². The van der Waals surface area contributed by atoms with Gasteiger partial charge in [0.1, 0.15) is 0 Å². The van der Waals surface area contributed by atoms with Gasteiger partial charge in [-0.15, -0.1) is 0 Å². The third-order valence-corrected chi connectivity index (χ3v) is 5.93. The van der Waals surface area contributed by atoms with E-state index in [1.165, 1.54) is 0 Å². The number of imidazole rings is 1. The summed E-state index contributed by atoms with van der Waals surface area (Å²) >= 11 is 0. The van der Waals surface area contributed by atoms with Crippen molar-refractivity contribution in [3.8, 4) is 22.5 Å². The van der Waals surface area contributed by atoms with E-state index in [0.717, 1.165) is 58.8 Å². The summed E-state index contributed by atoms with van der Waals surface area (Å²) in [6.07, 6.45) is 3.94. The van der Waals surface area contributed by atoms with Gasteiger partial charge in [-0.2, -0.15) is 5.10 Å². The Labute approximate surface area is 198 Å². The minimum atomic E-state index is -0.0310. The lowest BCUT2D eigenvalue weighted by Gasteiger charge is -2.13. The van der Waals surface area contributed by atoms with Crippen LogP contribution < -0.4 is 10.6 Å². The molecule has 1 aliphatic carbocycles. The Morgan fingerprint density at radius 1 is 1.12 bits per heavy atom. The van der Waals surface area contributed by atoms with Gasteiger partial charge in [-0.05, 0) is 48.6 Å². The van der Waals surface area contributed by atoms with Gasteiger partial charge < -0.3 is 15.7 Å². The molecule has 4 aromatic rings. The molecule has 0 saturated heterocycles. The van der Waals surface area contributed by atoms with Gasteiger partial charge in [0.15, 0.2) is 5.65 Å². The van der Waals surface area contributed by atoms with Gasteiger partial charge in [0.05, 0.1) is 29.9 Å². The lowest BCUT2D eigenvalue weighted by Crippen LogP contribution is -2.25. The van der Waals surface area contributed by atoms with E-state index >= 15 is 0 Å². The Balaban J connectivity index is 1.55. The van der Waals surface area contributed by atoms with Gasteiger partial charge in [-0.25, -0.2) is 9.50 Å². The van der Waals surface area contributed by atoms with Crippen molar-refractivity contribution in [2.45, 2.75) is 39.3 Å². The molecule has 1 saturated carbocycles. The molecule has 1 aliphatic rings. The summed E-state index contributed by atoms with van der Waals surface area (Å²) in [4.78, 5) is 17.0. The van der Waals surface area contributed by atoms with Gasteiger partial charge in [0.25, 0.3) is 5.91 Å². The maximum Gasteiger partial charge on any atom is 0.251 e. The summed E-state index contributed by atoms with van der Waals surface area (Å²) in [7, 11) is 0. The highest BCUT2D eigenvalue weighted by atomic mass is 16.3. The molecule has 7 nitrogen and oxygen atoms in total. The highest BCUT2D eigenvalue weighted by molar-refractivity contribution is 5.95. The first kappa shape index (κ1) is 22.1. The van der Waals surface area contributed by atoms with Gasteiger partial charge in [-0.3, -0.25) is 4.79 Å². The Kier molecular flexibility index (Phi) is 6.02. The van der Waals surface area contributed by atoms with Crippen molar-refractivity contribution in [1.82, 2.24) is 19.9 Å². The molecule has 0 atom stereocenters. The molecule has 7 heteroatoms. The number of rotatable bonds is 8. The average Bonchev–Trinajstić information content (AvgIpc) is 3.57. The molecule has 34 heavy (non-hydrogen) atoms. The lowest BCUT2D eigenvalue weighted by molar-refractivity contribution is 0.0951. The van der Waals surface area contributed by atoms with Crippen molar-refractivity contribution in [3.05, 3.63) is 71.9 Å². The van der Waals surface area contributed by atoms with Crippen molar-refractivity contribution in [1.29, 1.82) is 0 Å². The van der Waals surface area contributed by atoms with Crippen LogP contribution >= 0.6 is 0 Å². The number of amides is 1. The second kappa shape index (κ2) is 9.27. The molecule has 3 N–H and O–H groups in total. The number of nitrogens with zero attached hydrogens (tertiary/aromatic N) is 3. The second-order valence-corrected chi connectivity index (χ2v) is 9.28. The largest absolute Gasteiger partial charge is 0.392 e. The van der Waals surface area contributed by atoms with E-state index < -0.39 is 0 Å². The fourth-order valence-corrected chi connectivity index (χ4v) is 3.87. The number of hydrogen-bond donors (Lipinski definition) is 3. The van der Waals surface area contributed by atoms with Crippen LogP contribution in [0.2, 0.25) is 0 Å². The highest BCUT2D eigenvalue weighted by Gasteiger charge is 2.23. The van der Waals surface area contributed by atoms with Crippen molar-refractivity contribution in [2.75, 3.05) is 11.9 Å². The highest BCUT2D eigenvalue weighted by Crippen LogP contribution is 2.29. The molecule has 2 aromatic carbocycles. The standard InChI is InChI=1S/C27H29N5O2/c1-17(2)14-28-24-13-23(21-5-3-4-18(12-21)16-33)31-32-25(15-29-26(24)32)19-6-8-20(9-7-19)27(34)30-22-10-11-22/h3-9,12-13,15,17,22,28,33H,10-11,14,16H2,1-2H3,(H,30,34). The molecular formula is C27H29N5O2. The van der Waals surface area contributed by atoms with Crippen LogP contribution in [0.5, 0.6) is 0 Å². The number of benzene rings is 2. The normalized spacial score (nSPS) is 13.4. The smallest absolute Gasteiger partial charge is 0.251 e. The molecule has 0 bridgehead atoms. The van der Waals surface area contributed by atoms with Gasteiger partial charge >= 0.3 is 0 Å². The van der Waals surface area contributed by atoms with E-state index in [1.54, 1.807) is 0 Å². The zero-order valence-corrected chi connectivity index (χ0v) is 19.5. The minimum Gasteiger partial charge on any atom is -0.392 e. The molecular weight excluding hydrogens is 426 g/mol. The van der Waals surface area contributed by atoms with Crippen LogP contribution in [0.25, 0.3) is 28.2 Å². The van der Waals surface area contributed by atoms with Crippen molar-refractivity contribution < 1.29 is 9.90 Å². The maximum absolute atomic E-state index is 12.4. The number of hydrogen-bond acceptors (Lipinski definition) is 5. The molecule has 1 fully saturated rings. The first-order valence-corrected chi connectivity index (χ1v) is 11.8. The van der Waals surface area contributed by atoms with Crippen molar-refractivity contribution in [3.63, 3.8) is 0 Å². The number of fused-ring (bicyclic) bond motifs is 1. The van der Waals surface area contributed by atoms with E-state index in [4.69, 9.17) is 5.10 Å². The average molecular weight is 456 g/mol. The van der Waals surface area contributed by atoms with E-state index in [-0.39, 0.29) is 12.5 Å². The van der Waals surface area contributed by atoms with E-state index in [2.05, 4.69) is 29.5 Å². The third kappa shape index (κ3) is 4.65. The fraction of sp³-hybridized carbons (Fsp3) is 0.296. The molecule has 5 rings (SSSR count). The topological polar surface area (TPSA) is 91.5 Å². The number of aliphatic hydroxyl groups excluding tert-OH is 1. The summed E-state index contributed by atoms with van der Waals surface area (Å²) in [5.41, 5.74) is 6.62. The zero-order valence-electron chi connectivity index (χ0n) is 19.5. The van der Waals surface area contributed by atoms with Crippen molar-refractivity contribution >= 4 is 17.2 Å². The molecule has 174 valence electrons. The first-order valence-electron chi connectivity index (χ1n) is 11.8. The van der Waals surface area contributed by atoms with Gasteiger partial charge in [0.2, 0.25) is 0 Å². The Hall–Kier alpha value is -3.71. The Morgan fingerprint density at radius 2 is 1.91 bits per heavy atom. The Bertz CT molecular complexity index is 1320. The van der Waals surface area contributed by atoms with Crippen LogP contribution in [0.3, 0.4) is 0 Å². The number of carbonyl (C=O) groups is 1. The third-order valence-electron chi connectivity index (χ3n) is 5.93. The summed E-state index contributed by atoms with van der Waals surface area (Å²) in [5.74, 6) is 0.440. The summed E-state index contributed by atoms with van der Waals surface area (Å²) < 4.78 is 1.85. The van der Waals surface area contributed by atoms with Crippen LogP contribution in [0.1, 0.15) is 42.6 Å². The number of carbonyl (C=O) groups excluding carboxylic acids is 1. The monoisotopic (exact) mass is 455 g/mol. The molecule has 1 amide bonds. The maximum atomic E-state index is 12.4. The summed E-state index contributed by atoms with van der Waals surface area (Å²) in [5, 5.41) is 21.0. The SMILES string of the molecule is CC(C)CNc1cc(-c2cccc(CO)c2)nn2c(-c3ccc(C(=O)NC4CC4)cc3)cnc12. The van der Waals surface area contributed by atoms with Crippen LogP contribution in [0.15, 0.2) is 60.8 Å². The minimum absolute atomic E-state index is 0.0223. The number of aliphatic hydroxyl groups is 1. The van der Waals surface area contributed by atoms with Crippen LogP contribution in [0, 0.1) is 5.92 Å². The predicted molar refractivity (Wildman–Crippen MR) is 134 cm³/mol. The summed E-state index contributed by atoms with van der Waals surface area (Å²) in [6, 6.07) is 17.7. The van der Waals surface area contributed by atoms with Gasteiger partial charge in [0, 0.05) is 29.3 Å². The number of aromatic nitrogens is 3. The molecule has 0 unspecified atom stereocenters. The van der Waals surface area contributed by atoms with E-state index in [9.17, 15) is 9.90 Å². The van der Waals surface area contributed by atoms with Gasteiger partial charge in [-0.1, -0.05) is 44.2 Å². The molecule has 0 spiro atoms. The van der Waals surface area contributed by atoms with E-state index in [0.29, 0.717) is 17.5 Å². The van der Waals surface area contributed by atoms with Crippen LogP contribution in [0.4, 0.5) is 5.69 Å². The molecule has 0 radical (unpaired) electrons. The molecule has 2 aromatic heterocycles. The number of nitrogens with one attached hydrogen (secondary N) is 2. The van der Waals surface area contributed by atoms with Crippen LogP contribution in [-0.2, 0) is 6.61 Å². The number of anilines is 1. The molecule has 0 aliphatic heterocycles. The second-order valence-electron chi connectivity index (χ2n) is 9.28.